The summed E-state index contributed by atoms with van der Waals surface area (Å²) in [6, 6.07) is 3.63. The Balaban J connectivity index is 1.70. The van der Waals surface area contributed by atoms with Gasteiger partial charge < -0.3 is 10.2 Å². The number of hydrogen-bond acceptors (Lipinski definition) is 3. The van der Waals surface area contributed by atoms with Crippen molar-refractivity contribution in [3.8, 4) is 0 Å². The van der Waals surface area contributed by atoms with Gasteiger partial charge in [-0.15, -0.1) is 11.3 Å². The number of hydrogen-bond donors (Lipinski definition) is 1. The third kappa shape index (κ3) is 4.06. The molecule has 0 spiro atoms. The van der Waals surface area contributed by atoms with E-state index in [1.54, 1.807) is 6.07 Å². The fourth-order valence-corrected chi connectivity index (χ4v) is 2.99. The molecule has 1 saturated heterocycles. The van der Waals surface area contributed by atoms with Crippen molar-refractivity contribution in [1.29, 1.82) is 0 Å². The molecular weight excluding hydrogens is 260 g/mol. The summed E-state index contributed by atoms with van der Waals surface area (Å²) in [6.07, 6.45) is 2.69. The number of amides is 2. The van der Waals surface area contributed by atoms with Gasteiger partial charge in [0.25, 0.3) is 5.91 Å². The van der Waals surface area contributed by atoms with Crippen LogP contribution in [0.2, 0.25) is 0 Å². The van der Waals surface area contributed by atoms with Crippen LogP contribution >= 0.6 is 11.3 Å². The summed E-state index contributed by atoms with van der Waals surface area (Å²) in [6.45, 7) is 4.32. The van der Waals surface area contributed by atoms with Crippen LogP contribution in [0.25, 0.3) is 0 Å². The van der Waals surface area contributed by atoms with E-state index in [1.165, 1.54) is 17.8 Å². The highest BCUT2D eigenvalue weighted by atomic mass is 32.1. The van der Waals surface area contributed by atoms with Crippen LogP contribution in [0.5, 0.6) is 0 Å². The summed E-state index contributed by atoms with van der Waals surface area (Å²) in [5, 5.41) is 4.66. The van der Waals surface area contributed by atoms with Gasteiger partial charge in [0.15, 0.2) is 0 Å². The SMILES string of the molecule is CC1CCCN(C(=O)CCNC(=O)c2cccs2)C1. The van der Waals surface area contributed by atoms with Crippen molar-refractivity contribution in [3.05, 3.63) is 22.4 Å². The number of thiophene rings is 1. The van der Waals surface area contributed by atoms with Crippen LogP contribution in [0.3, 0.4) is 0 Å². The van der Waals surface area contributed by atoms with E-state index < -0.39 is 0 Å². The van der Waals surface area contributed by atoms with Crippen molar-refractivity contribution in [3.63, 3.8) is 0 Å². The second-order valence-electron chi connectivity index (χ2n) is 5.07. The van der Waals surface area contributed by atoms with Crippen molar-refractivity contribution >= 4 is 23.2 Å². The van der Waals surface area contributed by atoms with Crippen molar-refractivity contribution in [2.75, 3.05) is 19.6 Å². The van der Waals surface area contributed by atoms with E-state index in [4.69, 9.17) is 0 Å². The molecule has 0 aliphatic carbocycles. The molecule has 2 amide bonds. The molecule has 1 atom stereocenters. The molecule has 0 radical (unpaired) electrons. The highest BCUT2D eigenvalue weighted by Crippen LogP contribution is 2.16. The standard InChI is InChI=1S/C14H20N2O2S/c1-11-4-2-8-16(10-11)13(17)6-7-15-14(18)12-5-3-9-19-12/h3,5,9,11H,2,4,6-8,10H2,1H3,(H,15,18). The van der Waals surface area contributed by atoms with Gasteiger partial charge in [0.1, 0.15) is 0 Å². The van der Waals surface area contributed by atoms with E-state index in [-0.39, 0.29) is 11.8 Å². The van der Waals surface area contributed by atoms with Crippen LogP contribution in [-0.4, -0.2) is 36.3 Å². The Bertz CT molecular complexity index is 431. The molecule has 0 saturated carbocycles. The highest BCUT2D eigenvalue weighted by Gasteiger charge is 2.20. The van der Waals surface area contributed by atoms with Crippen LogP contribution < -0.4 is 5.32 Å². The van der Waals surface area contributed by atoms with E-state index in [1.807, 2.05) is 16.3 Å². The normalized spacial score (nSPS) is 19.2. The molecule has 1 aromatic rings. The molecule has 1 aromatic heterocycles. The van der Waals surface area contributed by atoms with Crippen molar-refractivity contribution in [1.82, 2.24) is 10.2 Å². The van der Waals surface area contributed by atoms with Gasteiger partial charge in [0, 0.05) is 26.1 Å². The van der Waals surface area contributed by atoms with Crippen LogP contribution in [0, 0.1) is 5.92 Å². The van der Waals surface area contributed by atoms with Crippen LogP contribution in [0.15, 0.2) is 17.5 Å². The molecule has 104 valence electrons. The van der Waals surface area contributed by atoms with Crippen molar-refractivity contribution < 1.29 is 9.59 Å². The fraction of sp³-hybridized carbons (Fsp3) is 0.571. The highest BCUT2D eigenvalue weighted by molar-refractivity contribution is 7.12. The number of likely N-dealkylation sites (tertiary alicyclic amines) is 1. The molecule has 1 aliphatic heterocycles. The lowest BCUT2D eigenvalue weighted by molar-refractivity contribution is -0.132. The zero-order chi connectivity index (χ0) is 13.7. The maximum atomic E-state index is 12.0. The summed E-state index contributed by atoms with van der Waals surface area (Å²) in [5.41, 5.74) is 0. The Morgan fingerprint density at radius 1 is 1.53 bits per heavy atom. The lowest BCUT2D eigenvalue weighted by Gasteiger charge is -2.31. The van der Waals surface area contributed by atoms with E-state index >= 15 is 0 Å². The maximum absolute atomic E-state index is 12.0. The predicted molar refractivity (Wildman–Crippen MR) is 76.2 cm³/mol. The second kappa shape index (κ2) is 6.70. The lowest BCUT2D eigenvalue weighted by atomic mass is 10.00. The first kappa shape index (κ1) is 14.1. The summed E-state index contributed by atoms with van der Waals surface area (Å²) < 4.78 is 0. The van der Waals surface area contributed by atoms with Crippen molar-refractivity contribution in [2.45, 2.75) is 26.2 Å². The molecule has 19 heavy (non-hydrogen) atoms. The van der Waals surface area contributed by atoms with Gasteiger partial charge in [-0.1, -0.05) is 13.0 Å². The predicted octanol–water partition coefficient (Wildman–Crippen LogP) is 2.13. The Morgan fingerprint density at radius 2 is 2.37 bits per heavy atom. The minimum atomic E-state index is -0.0881. The first-order valence-corrected chi connectivity index (χ1v) is 7.64. The van der Waals surface area contributed by atoms with Gasteiger partial charge >= 0.3 is 0 Å². The molecule has 2 rings (SSSR count). The first-order valence-electron chi connectivity index (χ1n) is 6.76. The number of rotatable bonds is 4. The van der Waals surface area contributed by atoms with Gasteiger partial charge in [-0.3, -0.25) is 9.59 Å². The van der Waals surface area contributed by atoms with Crippen LogP contribution in [0.4, 0.5) is 0 Å². The smallest absolute Gasteiger partial charge is 0.261 e. The Kier molecular flexibility index (Phi) is 4.96. The Labute approximate surface area is 117 Å². The average molecular weight is 280 g/mol. The molecule has 4 nitrogen and oxygen atoms in total. The zero-order valence-corrected chi connectivity index (χ0v) is 12.0. The van der Waals surface area contributed by atoms with E-state index in [9.17, 15) is 9.59 Å². The molecule has 0 bridgehead atoms. The molecule has 1 N–H and O–H groups in total. The number of carbonyl (C=O) groups excluding carboxylic acids is 2. The van der Waals surface area contributed by atoms with Gasteiger partial charge in [0.2, 0.25) is 5.91 Å². The van der Waals surface area contributed by atoms with Gasteiger partial charge in [-0.05, 0) is 30.2 Å². The monoisotopic (exact) mass is 280 g/mol. The molecule has 1 unspecified atom stereocenters. The maximum Gasteiger partial charge on any atom is 0.261 e. The fourth-order valence-electron chi connectivity index (χ4n) is 2.35. The zero-order valence-electron chi connectivity index (χ0n) is 11.2. The minimum absolute atomic E-state index is 0.0881. The summed E-state index contributed by atoms with van der Waals surface area (Å²) in [7, 11) is 0. The largest absolute Gasteiger partial charge is 0.351 e. The molecule has 2 heterocycles. The Morgan fingerprint density at radius 3 is 3.05 bits per heavy atom. The minimum Gasteiger partial charge on any atom is -0.351 e. The van der Waals surface area contributed by atoms with Crippen LogP contribution in [-0.2, 0) is 4.79 Å². The molecule has 1 aliphatic rings. The van der Waals surface area contributed by atoms with Crippen LogP contribution in [0.1, 0.15) is 35.9 Å². The second-order valence-corrected chi connectivity index (χ2v) is 6.02. The summed E-state index contributed by atoms with van der Waals surface area (Å²) in [4.78, 5) is 26.3. The third-order valence-corrected chi connectivity index (χ3v) is 4.25. The quantitative estimate of drug-likeness (QED) is 0.918. The molecular formula is C14H20N2O2S. The van der Waals surface area contributed by atoms with E-state index in [0.717, 1.165) is 19.5 Å². The van der Waals surface area contributed by atoms with Crippen molar-refractivity contribution in [2.24, 2.45) is 5.92 Å². The van der Waals surface area contributed by atoms with Gasteiger partial charge in [-0.25, -0.2) is 0 Å². The summed E-state index contributed by atoms with van der Waals surface area (Å²) in [5.74, 6) is 0.659. The molecule has 5 heteroatoms. The topological polar surface area (TPSA) is 49.4 Å². The van der Waals surface area contributed by atoms with Gasteiger partial charge in [0.05, 0.1) is 4.88 Å². The van der Waals surface area contributed by atoms with Gasteiger partial charge in [-0.2, -0.15) is 0 Å². The van der Waals surface area contributed by atoms with E-state index in [2.05, 4.69) is 12.2 Å². The number of piperidine rings is 1. The van der Waals surface area contributed by atoms with E-state index in [0.29, 0.717) is 23.8 Å². The number of nitrogens with one attached hydrogen (secondary N) is 1. The molecule has 1 fully saturated rings. The third-order valence-electron chi connectivity index (χ3n) is 3.38. The lowest BCUT2D eigenvalue weighted by Crippen LogP contribution is -2.40. The number of carbonyl (C=O) groups is 2. The molecule has 0 aromatic carbocycles. The number of nitrogens with zero attached hydrogens (tertiary/aromatic N) is 1. The average Bonchev–Trinajstić information content (AvgIpc) is 2.92. The first-order chi connectivity index (χ1) is 9.16. The summed E-state index contributed by atoms with van der Waals surface area (Å²) >= 11 is 1.41. The Hall–Kier alpha value is -1.36.